The Morgan fingerprint density at radius 3 is 2.79 bits per heavy atom. The van der Waals surface area contributed by atoms with Gasteiger partial charge >= 0.3 is 0 Å². The number of amidine groups is 1. The molecule has 1 heterocycles. The maximum Gasteiger partial charge on any atom is 0.188 e. The molecule has 0 spiro atoms. The predicted octanol–water partition coefficient (Wildman–Crippen LogP) is 1.38. The topological polar surface area (TPSA) is 101 Å². The molecule has 0 bridgehead atoms. The van der Waals surface area contributed by atoms with Gasteiger partial charge < -0.3 is 10.9 Å². The van der Waals surface area contributed by atoms with Crippen LogP contribution >= 0.6 is 11.6 Å². The molecule has 1 aromatic heterocycles. The van der Waals surface area contributed by atoms with E-state index in [1.807, 2.05) is 0 Å². The lowest BCUT2D eigenvalue weighted by Crippen LogP contribution is -2.36. The van der Waals surface area contributed by atoms with Gasteiger partial charge in [0, 0.05) is 12.6 Å². The van der Waals surface area contributed by atoms with Gasteiger partial charge in [-0.15, -0.1) is 0 Å². The fraction of sp³-hybridized carbons (Fsp3) is 0.500. The van der Waals surface area contributed by atoms with E-state index in [0.717, 1.165) is 12.8 Å². The molecule has 1 atom stereocenters. The summed E-state index contributed by atoms with van der Waals surface area (Å²) in [6, 6.07) is 3.35. The first-order valence-electron chi connectivity index (χ1n) is 6.12. The molecule has 0 fully saturated rings. The maximum absolute atomic E-state index is 10.2. The minimum atomic E-state index is -0.642. The normalized spacial score (nSPS) is 13.4. The number of aliphatic hydroxyl groups excluding tert-OH is 1. The minimum Gasteiger partial charge on any atom is -0.388 e. The molecule has 0 radical (unpaired) electrons. The monoisotopic (exact) mass is 285 g/mol. The Morgan fingerprint density at radius 1 is 1.58 bits per heavy atom. The average Bonchev–Trinajstić information content (AvgIpc) is 2.36. The van der Waals surface area contributed by atoms with Crippen molar-refractivity contribution in [3.63, 3.8) is 0 Å². The van der Waals surface area contributed by atoms with Crippen molar-refractivity contribution in [3.05, 3.63) is 28.5 Å². The van der Waals surface area contributed by atoms with Gasteiger partial charge in [-0.3, -0.25) is 5.01 Å². The van der Waals surface area contributed by atoms with Crippen molar-refractivity contribution >= 4 is 17.4 Å². The van der Waals surface area contributed by atoms with E-state index in [1.54, 1.807) is 19.2 Å². The highest BCUT2D eigenvalue weighted by molar-refractivity contribution is 6.29. The highest BCUT2D eigenvalue weighted by Gasteiger charge is 2.19. The second kappa shape index (κ2) is 7.28. The van der Waals surface area contributed by atoms with Crippen molar-refractivity contribution in [3.8, 4) is 0 Å². The smallest absolute Gasteiger partial charge is 0.188 e. The van der Waals surface area contributed by atoms with E-state index in [4.69, 9.17) is 23.3 Å². The second-order valence-corrected chi connectivity index (χ2v) is 4.68. The summed E-state index contributed by atoms with van der Waals surface area (Å²) in [5, 5.41) is 15.4. The van der Waals surface area contributed by atoms with E-state index in [2.05, 4.69) is 17.0 Å². The van der Waals surface area contributed by atoms with Gasteiger partial charge in [0.25, 0.3) is 0 Å². The molecule has 0 aromatic carbocycles. The first kappa shape index (κ1) is 15.7. The summed E-state index contributed by atoms with van der Waals surface area (Å²) < 4.78 is 0. The molecule has 19 heavy (non-hydrogen) atoms. The van der Waals surface area contributed by atoms with Crippen LogP contribution in [-0.2, 0) is 0 Å². The van der Waals surface area contributed by atoms with Gasteiger partial charge in [0.1, 0.15) is 10.8 Å². The fourth-order valence-corrected chi connectivity index (χ4v) is 1.91. The summed E-state index contributed by atoms with van der Waals surface area (Å²) in [5.41, 5.74) is 1.03. The van der Waals surface area contributed by atoms with Crippen LogP contribution in [0.5, 0.6) is 0 Å². The number of halogens is 1. The number of nitrogens with two attached hydrogens (primary N) is 2. The van der Waals surface area contributed by atoms with Crippen molar-refractivity contribution in [2.75, 3.05) is 7.05 Å². The molecule has 0 aliphatic rings. The lowest BCUT2D eigenvalue weighted by molar-refractivity contribution is 0.163. The molecule has 1 rings (SSSR count). The molecule has 0 aliphatic carbocycles. The third-order valence-corrected chi connectivity index (χ3v) is 2.96. The third-order valence-electron chi connectivity index (χ3n) is 2.75. The molecule has 6 nitrogen and oxygen atoms in total. The first-order valence-corrected chi connectivity index (χ1v) is 6.50. The van der Waals surface area contributed by atoms with Crippen LogP contribution in [0.4, 0.5) is 0 Å². The van der Waals surface area contributed by atoms with Crippen LogP contribution in [0.2, 0.25) is 5.15 Å². The quantitative estimate of drug-likeness (QED) is 0.249. The molecule has 106 valence electrons. The van der Waals surface area contributed by atoms with Gasteiger partial charge in [-0.05, 0) is 12.5 Å². The highest BCUT2D eigenvalue weighted by atomic mass is 35.5. The Morgan fingerprint density at radius 2 is 2.26 bits per heavy atom. The van der Waals surface area contributed by atoms with Crippen molar-refractivity contribution < 1.29 is 5.11 Å². The number of pyridine rings is 1. The lowest BCUT2D eigenvalue weighted by Gasteiger charge is -2.19. The molecule has 1 aromatic rings. The molecular weight excluding hydrogens is 266 g/mol. The standard InChI is InChI=1S/C12H20ClN5O/c1-3-4-5-9(19)8-6-7-10(13)16-11(8)12(17-14)18(2)15/h6-7,9,19H,3-5,14-15H2,1-2H3/b17-12-. The van der Waals surface area contributed by atoms with Crippen molar-refractivity contribution in [1.29, 1.82) is 0 Å². The Bertz CT molecular complexity index is 450. The van der Waals surface area contributed by atoms with E-state index >= 15 is 0 Å². The lowest BCUT2D eigenvalue weighted by atomic mass is 10.0. The Balaban J connectivity index is 3.17. The third kappa shape index (κ3) is 4.05. The number of unbranched alkanes of at least 4 members (excludes halogenated alkanes) is 1. The Labute approximate surface area is 118 Å². The molecule has 5 N–H and O–H groups in total. The van der Waals surface area contributed by atoms with Gasteiger partial charge in [-0.25, -0.2) is 10.8 Å². The number of hydrazone groups is 1. The zero-order valence-corrected chi connectivity index (χ0v) is 11.9. The number of rotatable bonds is 5. The second-order valence-electron chi connectivity index (χ2n) is 4.29. The van der Waals surface area contributed by atoms with Crippen LogP contribution in [0.25, 0.3) is 0 Å². The Hall–Kier alpha value is -1.37. The number of nitrogens with zero attached hydrogens (tertiary/aromatic N) is 3. The molecule has 1 unspecified atom stereocenters. The van der Waals surface area contributed by atoms with Crippen molar-refractivity contribution in [2.24, 2.45) is 16.8 Å². The van der Waals surface area contributed by atoms with E-state index in [-0.39, 0.29) is 5.84 Å². The van der Waals surface area contributed by atoms with Gasteiger partial charge in [-0.2, -0.15) is 5.10 Å². The number of aromatic nitrogens is 1. The zero-order chi connectivity index (χ0) is 14.4. The first-order chi connectivity index (χ1) is 9.01. The van der Waals surface area contributed by atoms with Gasteiger partial charge in [0.15, 0.2) is 5.84 Å². The van der Waals surface area contributed by atoms with E-state index < -0.39 is 6.10 Å². The van der Waals surface area contributed by atoms with Crippen LogP contribution < -0.4 is 11.7 Å². The molecule has 0 saturated carbocycles. The summed E-state index contributed by atoms with van der Waals surface area (Å²) in [6.07, 6.45) is 1.91. The number of aliphatic hydroxyl groups is 1. The summed E-state index contributed by atoms with van der Waals surface area (Å²) in [5.74, 6) is 11.3. The van der Waals surface area contributed by atoms with E-state index in [0.29, 0.717) is 22.8 Å². The van der Waals surface area contributed by atoms with E-state index in [1.165, 1.54) is 5.01 Å². The van der Waals surface area contributed by atoms with Crippen LogP contribution in [0.3, 0.4) is 0 Å². The largest absolute Gasteiger partial charge is 0.388 e. The van der Waals surface area contributed by atoms with Gasteiger partial charge in [0.05, 0.1) is 6.10 Å². The van der Waals surface area contributed by atoms with Crippen LogP contribution in [0.1, 0.15) is 43.5 Å². The minimum absolute atomic E-state index is 0.271. The van der Waals surface area contributed by atoms with Crippen molar-refractivity contribution in [2.45, 2.75) is 32.3 Å². The number of hydrazine groups is 1. The predicted molar refractivity (Wildman–Crippen MR) is 76.4 cm³/mol. The van der Waals surface area contributed by atoms with Crippen LogP contribution in [0.15, 0.2) is 17.2 Å². The van der Waals surface area contributed by atoms with Gasteiger partial charge in [0.2, 0.25) is 0 Å². The summed E-state index contributed by atoms with van der Waals surface area (Å²) in [4.78, 5) is 4.17. The fourth-order valence-electron chi connectivity index (χ4n) is 1.77. The number of hydrogen-bond donors (Lipinski definition) is 3. The summed E-state index contributed by atoms with van der Waals surface area (Å²) in [7, 11) is 1.59. The zero-order valence-electron chi connectivity index (χ0n) is 11.2. The molecule has 0 saturated heterocycles. The van der Waals surface area contributed by atoms with E-state index in [9.17, 15) is 5.11 Å². The molecule has 0 amide bonds. The molecule has 7 heteroatoms. The average molecular weight is 286 g/mol. The maximum atomic E-state index is 10.2. The highest BCUT2D eigenvalue weighted by Crippen LogP contribution is 2.24. The summed E-state index contributed by atoms with van der Waals surface area (Å²) in [6.45, 7) is 2.06. The molecular formula is C12H20ClN5O. The Kier molecular flexibility index (Phi) is 6.01. The number of hydrogen-bond acceptors (Lipinski definition) is 5. The van der Waals surface area contributed by atoms with Crippen LogP contribution in [0, 0.1) is 0 Å². The summed E-state index contributed by atoms with van der Waals surface area (Å²) >= 11 is 5.88. The molecule has 0 aliphatic heterocycles. The van der Waals surface area contributed by atoms with Gasteiger partial charge in [-0.1, -0.05) is 37.4 Å². The van der Waals surface area contributed by atoms with Crippen LogP contribution in [-0.4, -0.2) is 28.0 Å². The SMILES string of the molecule is CCCCC(O)c1ccc(Cl)nc1/C(=N/N)N(C)N. The van der Waals surface area contributed by atoms with Crippen molar-refractivity contribution in [1.82, 2.24) is 9.99 Å².